The number of carbonyl (C=O) groups excluding carboxylic acids is 1. The zero-order valence-corrected chi connectivity index (χ0v) is 17.6. The fourth-order valence-electron chi connectivity index (χ4n) is 3.38. The molecule has 1 saturated heterocycles. The molecule has 1 aliphatic rings. The molecule has 2 aromatic carbocycles. The van der Waals surface area contributed by atoms with Crippen LogP contribution in [0.2, 0.25) is 0 Å². The molecule has 0 unspecified atom stereocenters. The molecule has 0 bridgehead atoms. The predicted octanol–water partition coefficient (Wildman–Crippen LogP) is 2.42. The summed E-state index contributed by atoms with van der Waals surface area (Å²) in [6, 6.07) is 13.4. The van der Waals surface area contributed by atoms with Crippen LogP contribution in [0.4, 0.5) is 0 Å². The van der Waals surface area contributed by atoms with Gasteiger partial charge in [-0.05, 0) is 44.2 Å². The summed E-state index contributed by atoms with van der Waals surface area (Å²) in [6.07, 6.45) is -0.317. The standard InChI is InChI=1S/C21H26N2O5S/c1-15-13-23(14-16(2)28-15)29(25,26)19-10-8-17(9-11-19)21(24)22-12-18-6-4-5-7-20(18)27-3/h4-11,15-16H,12-14H2,1-3H3,(H,22,24)/t15-,16-/m0/s1. The van der Waals surface area contributed by atoms with Crippen LogP contribution in [-0.4, -0.2) is 51.0 Å². The molecule has 156 valence electrons. The number of morpholine rings is 1. The summed E-state index contributed by atoms with van der Waals surface area (Å²) in [6.45, 7) is 4.65. The van der Waals surface area contributed by atoms with Gasteiger partial charge in [0.15, 0.2) is 0 Å². The van der Waals surface area contributed by atoms with Gasteiger partial charge in [0.05, 0.1) is 24.2 Å². The van der Waals surface area contributed by atoms with Gasteiger partial charge in [0.1, 0.15) is 5.75 Å². The lowest BCUT2D eigenvalue weighted by atomic mass is 10.2. The summed E-state index contributed by atoms with van der Waals surface area (Å²) >= 11 is 0. The van der Waals surface area contributed by atoms with E-state index in [9.17, 15) is 13.2 Å². The molecule has 1 amide bonds. The van der Waals surface area contributed by atoms with Crippen molar-refractivity contribution in [3.05, 3.63) is 59.7 Å². The molecule has 3 rings (SSSR count). The number of carbonyl (C=O) groups is 1. The number of rotatable bonds is 6. The third kappa shape index (κ3) is 4.95. The summed E-state index contributed by atoms with van der Waals surface area (Å²) in [5.41, 5.74) is 1.25. The van der Waals surface area contributed by atoms with Crippen molar-refractivity contribution in [2.45, 2.75) is 37.5 Å². The predicted molar refractivity (Wildman–Crippen MR) is 109 cm³/mol. The second-order valence-corrected chi connectivity index (χ2v) is 9.04. The highest BCUT2D eigenvalue weighted by Crippen LogP contribution is 2.22. The number of ether oxygens (including phenoxy) is 2. The Morgan fingerprint density at radius 1 is 1.10 bits per heavy atom. The maximum atomic E-state index is 12.9. The molecule has 8 heteroatoms. The number of hydrogen-bond donors (Lipinski definition) is 1. The molecule has 1 heterocycles. The second-order valence-electron chi connectivity index (χ2n) is 7.10. The fraction of sp³-hybridized carbons (Fsp3) is 0.381. The number of nitrogens with one attached hydrogen (secondary N) is 1. The number of methoxy groups -OCH3 is 1. The van der Waals surface area contributed by atoms with E-state index in [1.807, 2.05) is 38.1 Å². The van der Waals surface area contributed by atoms with Crippen molar-refractivity contribution in [1.82, 2.24) is 9.62 Å². The first-order valence-corrected chi connectivity index (χ1v) is 10.9. The lowest BCUT2D eigenvalue weighted by Crippen LogP contribution is -2.48. The Bertz CT molecular complexity index is 949. The lowest BCUT2D eigenvalue weighted by Gasteiger charge is -2.34. The maximum Gasteiger partial charge on any atom is 0.251 e. The van der Waals surface area contributed by atoms with Crippen LogP contribution in [-0.2, 0) is 21.3 Å². The molecule has 0 spiro atoms. The van der Waals surface area contributed by atoms with Gasteiger partial charge in [-0.3, -0.25) is 4.79 Å². The van der Waals surface area contributed by atoms with Gasteiger partial charge in [0.2, 0.25) is 10.0 Å². The molecule has 2 atom stereocenters. The Balaban J connectivity index is 1.68. The van der Waals surface area contributed by atoms with Crippen molar-refractivity contribution in [2.75, 3.05) is 20.2 Å². The van der Waals surface area contributed by atoms with Crippen molar-refractivity contribution in [3.8, 4) is 5.75 Å². The molecule has 1 N–H and O–H groups in total. The van der Waals surface area contributed by atoms with Crippen LogP contribution in [0, 0.1) is 0 Å². The summed E-state index contributed by atoms with van der Waals surface area (Å²) in [5.74, 6) is 0.414. The van der Waals surface area contributed by atoms with Crippen LogP contribution in [0.15, 0.2) is 53.4 Å². The highest BCUT2D eigenvalue weighted by molar-refractivity contribution is 7.89. The molecule has 0 saturated carbocycles. The average molecular weight is 419 g/mol. The largest absolute Gasteiger partial charge is 0.496 e. The van der Waals surface area contributed by atoms with Gasteiger partial charge in [-0.2, -0.15) is 4.31 Å². The van der Waals surface area contributed by atoms with E-state index in [-0.39, 0.29) is 23.0 Å². The Morgan fingerprint density at radius 3 is 2.34 bits per heavy atom. The van der Waals surface area contributed by atoms with Crippen LogP contribution in [0.25, 0.3) is 0 Å². The van der Waals surface area contributed by atoms with E-state index in [2.05, 4.69) is 5.32 Å². The molecule has 7 nitrogen and oxygen atoms in total. The number of para-hydroxylation sites is 1. The molecule has 1 fully saturated rings. The van der Waals surface area contributed by atoms with Crippen molar-refractivity contribution >= 4 is 15.9 Å². The van der Waals surface area contributed by atoms with Crippen molar-refractivity contribution in [2.24, 2.45) is 0 Å². The number of sulfonamides is 1. The van der Waals surface area contributed by atoms with E-state index in [0.29, 0.717) is 30.9 Å². The molecular formula is C21H26N2O5S. The van der Waals surface area contributed by atoms with E-state index in [0.717, 1.165) is 5.56 Å². The topological polar surface area (TPSA) is 84.9 Å². The van der Waals surface area contributed by atoms with Gasteiger partial charge in [-0.25, -0.2) is 8.42 Å². The molecule has 2 aromatic rings. The first kappa shape index (κ1) is 21.3. The van der Waals surface area contributed by atoms with Crippen LogP contribution in [0.3, 0.4) is 0 Å². The molecule has 29 heavy (non-hydrogen) atoms. The molecule has 0 radical (unpaired) electrons. The van der Waals surface area contributed by atoms with Gasteiger partial charge in [-0.1, -0.05) is 18.2 Å². The zero-order chi connectivity index (χ0) is 21.0. The number of hydrogen-bond acceptors (Lipinski definition) is 5. The Hall–Kier alpha value is -2.42. The molecule has 1 aliphatic heterocycles. The second kappa shape index (κ2) is 8.94. The monoisotopic (exact) mass is 418 g/mol. The first-order chi connectivity index (χ1) is 13.8. The molecular weight excluding hydrogens is 392 g/mol. The first-order valence-electron chi connectivity index (χ1n) is 9.47. The average Bonchev–Trinajstić information content (AvgIpc) is 2.71. The number of nitrogens with zero attached hydrogens (tertiary/aromatic N) is 1. The Morgan fingerprint density at radius 2 is 1.72 bits per heavy atom. The minimum absolute atomic E-state index is 0.159. The lowest BCUT2D eigenvalue weighted by molar-refractivity contribution is -0.0440. The minimum atomic E-state index is -3.63. The van der Waals surface area contributed by atoms with E-state index < -0.39 is 10.0 Å². The quantitative estimate of drug-likeness (QED) is 0.779. The fourth-order valence-corrected chi connectivity index (χ4v) is 4.97. The number of amides is 1. The van der Waals surface area contributed by atoms with Crippen LogP contribution in [0.5, 0.6) is 5.75 Å². The third-order valence-corrected chi connectivity index (χ3v) is 6.62. The summed E-state index contributed by atoms with van der Waals surface area (Å²) in [4.78, 5) is 12.6. The van der Waals surface area contributed by atoms with Gasteiger partial charge in [0, 0.05) is 30.8 Å². The maximum absolute atomic E-state index is 12.9. The van der Waals surface area contributed by atoms with Crippen molar-refractivity contribution in [3.63, 3.8) is 0 Å². The zero-order valence-electron chi connectivity index (χ0n) is 16.8. The minimum Gasteiger partial charge on any atom is -0.496 e. The highest BCUT2D eigenvalue weighted by Gasteiger charge is 2.32. The molecule has 0 aromatic heterocycles. The van der Waals surface area contributed by atoms with E-state index in [1.165, 1.54) is 28.6 Å². The van der Waals surface area contributed by atoms with Crippen LogP contribution < -0.4 is 10.1 Å². The summed E-state index contributed by atoms with van der Waals surface area (Å²) in [7, 11) is -2.05. The van der Waals surface area contributed by atoms with E-state index in [1.54, 1.807) is 7.11 Å². The van der Waals surface area contributed by atoms with Crippen LogP contribution >= 0.6 is 0 Å². The SMILES string of the molecule is COc1ccccc1CNC(=O)c1ccc(S(=O)(=O)N2C[C@H](C)O[C@@H](C)C2)cc1. The van der Waals surface area contributed by atoms with Crippen LogP contribution in [0.1, 0.15) is 29.8 Å². The van der Waals surface area contributed by atoms with E-state index in [4.69, 9.17) is 9.47 Å². The highest BCUT2D eigenvalue weighted by atomic mass is 32.2. The van der Waals surface area contributed by atoms with Crippen molar-refractivity contribution < 1.29 is 22.7 Å². The smallest absolute Gasteiger partial charge is 0.251 e. The third-order valence-electron chi connectivity index (χ3n) is 4.77. The number of benzene rings is 2. The summed E-state index contributed by atoms with van der Waals surface area (Å²) < 4.78 is 38.1. The van der Waals surface area contributed by atoms with Crippen molar-refractivity contribution in [1.29, 1.82) is 0 Å². The van der Waals surface area contributed by atoms with Gasteiger partial charge >= 0.3 is 0 Å². The Kier molecular flexibility index (Phi) is 6.56. The van der Waals surface area contributed by atoms with Gasteiger partial charge < -0.3 is 14.8 Å². The Labute approximate surface area is 171 Å². The summed E-state index contributed by atoms with van der Waals surface area (Å²) in [5, 5.41) is 2.83. The van der Waals surface area contributed by atoms with Gasteiger partial charge in [0.25, 0.3) is 5.91 Å². The van der Waals surface area contributed by atoms with Gasteiger partial charge in [-0.15, -0.1) is 0 Å². The normalized spacial score (nSPS) is 20.2. The van der Waals surface area contributed by atoms with E-state index >= 15 is 0 Å². The molecule has 0 aliphatic carbocycles.